The number of phenolic OH excluding ortho intramolecular Hbond substituents is 1. The van der Waals surface area contributed by atoms with E-state index in [2.05, 4.69) is 0 Å². The summed E-state index contributed by atoms with van der Waals surface area (Å²) in [6, 6.07) is 7.41. The topological polar surface area (TPSA) is 40.5 Å². The lowest BCUT2D eigenvalue weighted by atomic mass is 9.71. The zero-order chi connectivity index (χ0) is 11.4. The molecule has 0 aliphatic heterocycles. The van der Waals surface area contributed by atoms with Crippen LogP contribution in [0.3, 0.4) is 0 Å². The molecule has 2 rings (SSSR count). The van der Waals surface area contributed by atoms with E-state index < -0.39 is 0 Å². The fraction of sp³-hybridized carbons (Fsp3) is 0.571. The Balaban J connectivity index is 2.11. The van der Waals surface area contributed by atoms with E-state index in [4.69, 9.17) is 0 Å². The first-order valence-electron chi connectivity index (χ1n) is 6.13. The summed E-state index contributed by atoms with van der Waals surface area (Å²) in [5.74, 6) is 0.321. The van der Waals surface area contributed by atoms with Crippen molar-refractivity contribution in [3.63, 3.8) is 0 Å². The third kappa shape index (κ3) is 2.56. The molecule has 1 aliphatic carbocycles. The van der Waals surface area contributed by atoms with Crippen molar-refractivity contribution in [2.75, 3.05) is 6.61 Å². The molecule has 1 aromatic carbocycles. The number of phenols is 1. The van der Waals surface area contributed by atoms with E-state index in [0.717, 1.165) is 24.8 Å². The monoisotopic (exact) mass is 220 g/mol. The summed E-state index contributed by atoms with van der Waals surface area (Å²) < 4.78 is 0. The molecule has 1 aromatic rings. The van der Waals surface area contributed by atoms with Crippen molar-refractivity contribution in [2.24, 2.45) is 5.41 Å². The second-order valence-electron chi connectivity index (χ2n) is 5.07. The maximum absolute atomic E-state index is 9.61. The molecular formula is C14H20O2. The van der Waals surface area contributed by atoms with Crippen LogP contribution < -0.4 is 0 Å². The average molecular weight is 220 g/mol. The highest BCUT2D eigenvalue weighted by Gasteiger charge is 2.31. The van der Waals surface area contributed by atoms with Gasteiger partial charge in [0.15, 0.2) is 0 Å². The summed E-state index contributed by atoms with van der Waals surface area (Å²) in [7, 11) is 0. The van der Waals surface area contributed by atoms with Gasteiger partial charge in [-0.3, -0.25) is 0 Å². The lowest BCUT2D eigenvalue weighted by Gasteiger charge is -2.35. The molecule has 88 valence electrons. The molecule has 0 amide bonds. The minimum Gasteiger partial charge on any atom is -0.508 e. The van der Waals surface area contributed by atoms with E-state index in [1.807, 2.05) is 18.2 Å². The Bertz CT molecular complexity index is 340. The predicted octanol–water partition coefficient (Wildman–Crippen LogP) is 2.88. The molecule has 0 radical (unpaired) electrons. The minimum atomic E-state index is 0.0616. The van der Waals surface area contributed by atoms with Crippen molar-refractivity contribution >= 4 is 0 Å². The SMILES string of the molecule is OCC1(Cc2cccc(O)c2)CCCCC1. The Morgan fingerprint density at radius 1 is 1.12 bits per heavy atom. The van der Waals surface area contributed by atoms with E-state index in [-0.39, 0.29) is 12.0 Å². The van der Waals surface area contributed by atoms with Crippen LogP contribution in [0.4, 0.5) is 0 Å². The number of hydrogen-bond donors (Lipinski definition) is 2. The first kappa shape index (κ1) is 11.5. The Hall–Kier alpha value is -1.02. The molecule has 2 nitrogen and oxygen atoms in total. The van der Waals surface area contributed by atoms with Crippen LogP contribution in [0.2, 0.25) is 0 Å². The highest BCUT2D eigenvalue weighted by molar-refractivity contribution is 5.28. The molecule has 2 heteroatoms. The zero-order valence-corrected chi connectivity index (χ0v) is 9.65. The van der Waals surface area contributed by atoms with E-state index >= 15 is 0 Å². The van der Waals surface area contributed by atoms with Crippen LogP contribution >= 0.6 is 0 Å². The summed E-state index contributed by atoms with van der Waals surface area (Å²) in [6.45, 7) is 0.267. The number of aromatic hydroxyl groups is 1. The summed E-state index contributed by atoms with van der Waals surface area (Å²) >= 11 is 0. The highest BCUT2D eigenvalue weighted by atomic mass is 16.3. The van der Waals surface area contributed by atoms with Gasteiger partial charge in [0.25, 0.3) is 0 Å². The van der Waals surface area contributed by atoms with Crippen molar-refractivity contribution in [1.82, 2.24) is 0 Å². The smallest absolute Gasteiger partial charge is 0.115 e. The number of aliphatic hydroxyl groups is 1. The first-order chi connectivity index (χ1) is 7.74. The molecule has 1 saturated carbocycles. The zero-order valence-electron chi connectivity index (χ0n) is 9.65. The minimum absolute atomic E-state index is 0.0616. The van der Waals surface area contributed by atoms with E-state index in [1.54, 1.807) is 6.07 Å². The molecular weight excluding hydrogens is 200 g/mol. The lowest BCUT2D eigenvalue weighted by Crippen LogP contribution is -2.30. The standard InChI is InChI=1S/C14H20O2/c15-11-14(7-2-1-3-8-14)10-12-5-4-6-13(16)9-12/h4-6,9,15-16H,1-3,7-8,10-11H2. The lowest BCUT2D eigenvalue weighted by molar-refractivity contribution is 0.0823. The van der Waals surface area contributed by atoms with Crippen LogP contribution in [0.15, 0.2) is 24.3 Å². The molecule has 0 aromatic heterocycles. The van der Waals surface area contributed by atoms with Gasteiger partial charge in [0.2, 0.25) is 0 Å². The normalized spacial score (nSPS) is 19.6. The summed E-state index contributed by atoms with van der Waals surface area (Å²) in [4.78, 5) is 0. The van der Waals surface area contributed by atoms with E-state index in [9.17, 15) is 10.2 Å². The van der Waals surface area contributed by atoms with Crippen molar-refractivity contribution in [2.45, 2.75) is 38.5 Å². The van der Waals surface area contributed by atoms with Gasteiger partial charge in [0.05, 0.1) is 0 Å². The van der Waals surface area contributed by atoms with Crippen LogP contribution in [0.25, 0.3) is 0 Å². The molecule has 0 spiro atoms. The largest absolute Gasteiger partial charge is 0.508 e. The summed E-state index contributed by atoms with van der Waals surface area (Å²) in [5.41, 5.74) is 1.20. The Labute approximate surface area is 96.9 Å². The van der Waals surface area contributed by atoms with Gasteiger partial charge in [-0.25, -0.2) is 0 Å². The molecule has 1 fully saturated rings. The van der Waals surface area contributed by atoms with Crippen LogP contribution in [0.1, 0.15) is 37.7 Å². The Morgan fingerprint density at radius 3 is 2.50 bits per heavy atom. The van der Waals surface area contributed by atoms with Gasteiger partial charge < -0.3 is 10.2 Å². The second-order valence-corrected chi connectivity index (χ2v) is 5.07. The molecule has 1 aliphatic rings. The molecule has 0 saturated heterocycles. The van der Waals surface area contributed by atoms with Crippen LogP contribution in [-0.4, -0.2) is 16.8 Å². The summed E-state index contributed by atoms with van der Waals surface area (Å²) in [6.07, 6.45) is 6.84. The Kier molecular flexibility index (Phi) is 3.49. The van der Waals surface area contributed by atoms with Crippen LogP contribution in [0.5, 0.6) is 5.75 Å². The average Bonchev–Trinajstić information content (AvgIpc) is 2.30. The van der Waals surface area contributed by atoms with Gasteiger partial charge in [0.1, 0.15) is 5.75 Å². The molecule has 0 atom stereocenters. The quantitative estimate of drug-likeness (QED) is 0.822. The van der Waals surface area contributed by atoms with Crippen molar-refractivity contribution in [1.29, 1.82) is 0 Å². The van der Waals surface area contributed by atoms with Gasteiger partial charge in [0, 0.05) is 6.61 Å². The Morgan fingerprint density at radius 2 is 1.88 bits per heavy atom. The third-order valence-electron chi connectivity index (χ3n) is 3.74. The maximum atomic E-state index is 9.61. The van der Waals surface area contributed by atoms with Gasteiger partial charge in [-0.1, -0.05) is 31.4 Å². The molecule has 0 unspecified atom stereocenters. The first-order valence-corrected chi connectivity index (χ1v) is 6.13. The van der Waals surface area contributed by atoms with Gasteiger partial charge in [-0.05, 0) is 42.4 Å². The maximum Gasteiger partial charge on any atom is 0.115 e. The molecule has 0 bridgehead atoms. The fourth-order valence-electron chi connectivity index (χ4n) is 2.79. The number of rotatable bonds is 3. The predicted molar refractivity (Wildman–Crippen MR) is 64.4 cm³/mol. The second kappa shape index (κ2) is 4.88. The fourth-order valence-corrected chi connectivity index (χ4v) is 2.79. The molecule has 0 heterocycles. The van der Waals surface area contributed by atoms with Crippen molar-refractivity contribution < 1.29 is 10.2 Å². The van der Waals surface area contributed by atoms with Crippen molar-refractivity contribution in [3.8, 4) is 5.75 Å². The molecule has 2 N–H and O–H groups in total. The van der Waals surface area contributed by atoms with E-state index in [0.29, 0.717) is 5.75 Å². The van der Waals surface area contributed by atoms with Crippen LogP contribution in [-0.2, 0) is 6.42 Å². The molecule has 16 heavy (non-hydrogen) atoms. The highest BCUT2D eigenvalue weighted by Crippen LogP contribution is 2.39. The van der Waals surface area contributed by atoms with Gasteiger partial charge in [-0.2, -0.15) is 0 Å². The van der Waals surface area contributed by atoms with Gasteiger partial charge >= 0.3 is 0 Å². The van der Waals surface area contributed by atoms with Crippen LogP contribution in [0, 0.1) is 5.41 Å². The summed E-state index contributed by atoms with van der Waals surface area (Å²) in [5, 5.41) is 19.0. The van der Waals surface area contributed by atoms with Crippen molar-refractivity contribution in [3.05, 3.63) is 29.8 Å². The number of aliphatic hydroxyl groups excluding tert-OH is 1. The number of benzene rings is 1. The van der Waals surface area contributed by atoms with E-state index in [1.165, 1.54) is 19.3 Å². The van der Waals surface area contributed by atoms with Gasteiger partial charge in [-0.15, -0.1) is 0 Å². The number of hydrogen-bond acceptors (Lipinski definition) is 2. The third-order valence-corrected chi connectivity index (χ3v) is 3.74.